The fraction of sp³-hybridized carbons (Fsp3) is 0.483. The zero-order chi connectivity index (χ0) is 27.6. The number of fused-ring (bicyclic) bond motifs is 3. The van der Waals surface area contributed by atoms with Crippen LogP contribution in [0.15, 0.2) is 48.6 Å². The van der Waals surface area contributed by atoms with Gasteiger partial charge in [-0.2, -0.15) is 13.1 Å². The number of nitrogens with zero attached hydrogens (tertiary/aromatic N) is 1. The van der Waals surface area contributed by atoms with E-state index in [9.17, 15) is 18.3 Å². The normalized spacial score (nSPS) is 28.4. The Morgan fingerprint density at radius 2 is 1.95 bits per heavy atom. The van der Waals surface area contributed by atoms with Gasteiger partial charge >= 0.3 is 10.2 Å². The van der Waals surface area contributed by atoms with Gasteiger partial charge in [0.1, 0.15) is 12.4 Å². The number of benzene rings is 2. The molecule has 2 bridgehead atoms. The molecule has 0 radical (unpaired) electrons. The van der Waals surface area contributed by atoms with E-state index in [1.165, 1.54) is 5.56 Å². The third kappa shape index (κ3) is 6.77. The van der Waals surface area contributed by atoms with Crippen molar-refractivity contribution in [3.63, 3.8) is 0 Å². The van der Waals surface area contributed by atoms with E-state index in [1.807, 2.05) is 24.3 Å². The molecule has 39 heavy (non-hydrogen) atoms. The lowest BCUT2D eigenvalue weighted by Gasteiger charge is -2.42. The molecule has 3 N–H and O–H groups in total. The summed E-state index contributed by atoms with van der Waals surface area (Å²) >= 11 is 6.28. The second kappa shape index (κ2) is 11.9. The summed E-state index contributed by atoms with van der Waals surface area (Å²) < 4.78 is 36.3. The predicted molar refractivity (Wildman–Crippen MR) is 152 cm³/mol. The van der Waals surface area contributed by atoms with E-state index in [0.717, 1.165) is 49.9 Å². The van der Waals surface area contributed by atoms with Gasteiger partial charge in [-0.15, -0.1) is 0 Å². The fourth-order valence-corrected chi connectivity index (χ4v) is 6.96. The molecule has 0 saturated heterocycles. The molecule has 10 heteroatoms. The lowest BCUT2D eigenvalue weighted by atomic mass is 9.70. The number of hydrogen-bond donors (Lipinski definition) is 3. The van der Waals surface area contributed by atoms with Crippen LogP contribution in [0.3, 0.4) is 0 Å². The van der Waals surface area contributed by atoms with Gasteiger partial charge in [0.25, 0.3) is 5.91 Å². The first-order valence-electron chi connectivity index (χ1n) is 13.7. The van der Waals surface area contributed by atoms with E-state index in [1.54, 1.807) is 31.2 Å². The molecule has 8 nitrogen and oxygen atoms in total. The number of halogens is 1. The summed E-state index contributed by atoms with van der Waals surface area (Å²) in [6.45, 7) is 3.52. The molecule has 3 aliphatic rings. The van der Waals surface area contributed by atoms with Crippen LogP contribution >= 0.6 is 11.6 Å². The highest BCUT2D eigenvalue weighted by Gasteiger charge is 2.37. The van der Waals surface area contributed by atoms with Crippen molar-refractivity contribution in [2.24, 2.45) is 11.8 Å². The third-order valence-electron chi connectivity index (χ3n) is 8.01. The monoisotopic (exact) mass is 573 g/mol. The summed E-state index contributed by atoms with van der Waals surface area (Å²) in [4.78, 5) is 15.3. The van der Waals surface area contributed by atoms with E-state index in [4.69, 9.17) is 16.3 Å². The molecule has 0 aromatic heterocycles. The number of carbonyl (C=O) groups excluding carboxylic acids is 1. The molecule has 2 heterocycles. The van der Waals surface area contributed by atoms with E-state index in [-0.39, 0.29) is 11.5 Å². The first-order chi connectivity index (χ1) is 18.7. The van der Waals surface area contributed by atoms with Gasteiger partial charge in [0.05, 0.1) is 11.8 Å². The largest absolute Gasteiger partial charge is 0.487 e. The number of rotatable bonds is 0. The molecular formula is C29H36ClN3O5S. The van der Waals surface area contributed by atoms with E-state index in [0.29, 0.717) is 36.3 Å². The second-order valence-corrected chi connectivity index (χ2v) is 12.8. The minimum Gasteiger partial charge on any atom is -0.487 e. The minimum absolute atomic E-state index is 0.126. The Hall–Kier alpha value is -2.59. The van der Waals surface area contributed by atoms with Crippen LogP contribution in [0.4, 0.5) is 5.69 Å². The molecule has 2 aliphatic heterocycles. The summed E-state index contributed by atoms with van der Waals surface area (Å²) in [6.07, 6.45) is 8.11. The van der Waals surface area contributed by atoms with Crippen LogP contribution in [0.25, 0.3) is 0 Å². The summed E-state index contributed by atoms with van der Waals surface area (Å²) in [5.74, 6) is 0.342. The molecule has 1 saturated carbocycles. The summed E-state index contributed by atoms with van der Waals surface area (Å²) in [5, 5.41) is 11.6. The Morgan fingerprint density at radius 3 is 2.74 bits per heavy atom. The van der Waals surface area contributed by atoms with Crippen LogP contribution in [-0.4, -0.2) is 44.7 Å². The summed E-state index contributed by atoms with van der Waals surface area (Å²) in [5.41, 5.74) is 3.22. The van der Waals surface area contributed by atoms with Crippen LogP contribution in [-0.2, 0) is 23.2 Å². The average molecular weight is 574 g/mol. The van der Waals surface area contributed by atoms with E-state index >= 15 is 0 Å². The number of aryl methyl sites for hydroxylation is 1. The Bertz CT molecular complexity index is 1350. The van der Waals surface area contributed by atoms with Crippen molar-refractivity contribution in [1.82, 2.24) is 9.44 Å². The minimum atomic E-state index is -4.08. The quantitative estimate of drug-likeness (QED) is 0.404. The van der Waals surface area contributed by atoms with Crippen molar-refractivity contribution in [3.05, 3.63) is 70.3 Å². The van der Waals surface area contributed by atoms with Gasteiger partial charge in [-0.3, -0.25) is 4.79 Å². The molecule has 0 spiro atoms. The van der Waals surface area contributed by atoms with Gasteiger partial charge in [-0.25, -0.2) is 4.72 Å². The number of aliphatic hydroxyl groups excluding tert-OH is 1. The number of hydrogen-bond acceptors (Lipinski definition) is 6. The molecule has 1 aliphatic carbocycles. The van der Waals surface area contributed by atoms with Gasteiger partial charge < -0.3 is 14.7 Å². The van der Waals surface area contributed by atoms with Crippen molar-refractivity contribution >= 4 is 33.4 Å². The molecule has 2 aromatic carbocycles. The van der Waals surface area contributed by atoms with E-state index < -0.39 is 28.3 Å². The van der Waals surface area contributed by atoms with Crippen molar-refractivity contribution in [1.29, 1.82) is 0 Å². The number of aliphatic hydroxyl groups is 1. The Morgan fingerprint density at radius 1 is 1.10 bits per heavy atom. The van der Waals surface area contributed by atoms with Crippen molar-refractivity contribution < 1.29 is 23.1 Å². The fourth-order valence-electron chi connectivity index (χ4n) is 5.72. The second-order valence-electron chi connectivity index (χ2n) is 10.9. The Balaban J connectivity index is 1.52. The van der Waals surface area contributed by atoms with Crippen LogP contribution in [0, 0.1) is 11.8 Å². The Labute approximate surface area is 235 Å². The summed E-state index contributed by atoms with van der Waals surface area (Å²) in [6, 6.07) is 10.5. The van der Waals surface area contributed by atoms with Gasteiger partial charge in [-0.1, -0.05) is 29.8 Å². The predicted octanol–water partition coefficient (Wildman–Crippen LogP) is 4.36. The third-order valence-corrected chi connectivity index (χ3v) is 9.42. The van der Waals surface area contributed by atoms with Crippen molar-refractivity contribution in [3.8, 4) is 5.75 Å². The Kier molecular flexibility index (Phi) is 8.52. The van der Waals surface area contributed by atoms with Crippen LogP contribution in [0.2, 0.25) is 5.02 Å². The van der Waals surface area contributed by atoms with Gasteiger partial charge in [0, 0.05) is 29.7 Å². The maximum Gasteiger partial charge on any atom is 0.301 e. The number of nitrogens with one attached hydrogen (secondary N) is 2. The van der Waals surface area contributed by atoms with Gasteiger partial charge in [0.2, 0.25) is 0 Å². The molecular weight excluding hydrogens is 538 g/mol. The standard InChI is InChI=1S/C29H36ClN3O5S/c1-19-5-4-7-27(34)25-12-9-22(25)17-33-14-3-2-6-20-15-24(30)11-8-23(20)18-38-28-13-10-21(16-26(28)33)29(35)32-39(36,37)31-19/h4,7-8,10-11,13,15-16,19,22,25,27,31,34H,2-3,5-6,9,12,14,17-18H2,1H3,(H,32,35)/b7-4-/t19-,22-,25+,27-/m0/s1. The van der Waals surface area contributed by atoms with Crippen LogP contribution in [0.5, 0.6) is 5.75 Å². The smallest absolute Gasteiger partial charge is 0.301 e. The maximum absolute atomic E-state index is 13.1. The molecule has 1 fully saturated rings. The highest BCUT2D eigenvalue weighted by Crippen LogP contribution is 2.40. The molecule has 2 aromatic rings. The first-order valence-corrected chi connectivity index (χ1v) is 15.5. The first kappa shape index (κ1) is 28.0. The number of carbonyl (C=O) groups is 1. The number of anilines is 1. The van der Waals surface area contributed by atoms with Crippen LogP contribution in [0.1, 0.15) is 60.5 Å². The van der Waals surface area contributed by atoms with Crippen LogP contribution < -0.4 is 19.1 Å². The number of amides is 1. The SMILES string of the molecule is C[C@H]1C/C=C\[C@H](O)[C@@H]2CC[C@H]2CN2CCCCc3cc(Cl)ccc3COc3ccc(cc32)C(=O)NS(=O)(=O)N1. The lowest BCUT2D eigenvalue weighted by Crippen LogP contribution is -2.44. The van der Waals surface area contributed by atoms with Gasteiger partial charge in [-0.05, 0) is 98.7 Å². The molecule has 210 valence electrons. The molecule has 5 rings (SSSR count). The zero-order valence-corrected chi connectivity index (χ0v) is 23.7. The van der Waals surface area contributed by atoms with Gasteiger partial charge in [0.15, 0.2) is 0 Å². The zero-order valence-electron chi connectivity index (χ0n) is 22.1. The molecule has 4 atom stereocenters. The molecule has 1 amide bonds. The molecule has 0 unspecified atom stereocenters. The van der Waals surface area contributed by atoms with E-state index in [2.05, 4.69) is 14.3 Å². The highest BCUT2D eigenvalue weighted by molar-refractivity contribution is 7.88. The maximum atomic E-state index is 13.1. The average Bonchev–Trinajstić information content (AvgIpc) is 2.88. The highest BCUT2D eigenvalue weighted by atomic mass is 35.5. The number of ether oxygens (including phenoxy) is 1. The lowest BCUT2D eigenvalue weighted by molar-refractivity contribution is 0.0461. The van der Waals surface area contributed by atoms with Crippen molar-refractivity contribution in [2.75, 3.05) is 18.0 Å². The van der Waals surface area contributed by atoms with Crippen molar-refractivity contribution in [2.45, 2.75) is 64.2 Å². The summed E-state index contributed by atoms with van der Waals surface area (Å²) in [7, 11) is -4.08. The topological polar surface area (TPSA) is 108 Å².